The first-order chi connectivity index (χ1) is 10.8. The van der Waals surface area contributed by atoms with Gasteiger partial charge in [0.2, 0.25) is 0 Å². The van der Waals surface area contributed by atoms with Gasteiger partial charge in [0.25, 0.3) is 5.56 Å². The van der Waals surface area contributed by atoms with E-state index in [2.05, 4.69) is 36.8 Å². The molecule has 2 heterocycles. The van der Waals surface area contributed by atoms with Gasteiger partial charge in [-0.1, -0.05) is 31.9 Å². The van der Waals surface area contributed by atoms with E-state index < -0.39 is 52.2 Å². The molecule has 1 aromatic rings. The van der Waals surface area contributed by atoms with E-state index in [-0.39, 0.29) is 5.56 Å². The molecule has 4 N–H and O–H groups in total. The maximum absolute atomic E-state index is 12.0. The van der Waals surface area contributed by atoms with Crippen molar-refractivity contribution in [3.05, 3.63) is 32.6 Å². The van der Waals surface area contributed by atoms with Crippen molar-refractivity contribution in [2.75, 3.05) is 13.7 Å². The van der Waals surface area contributed by atoms with E-state index >= 15 is 0 Å². The zero-order valence-electron chi connectivity index (χ0n) is 11.9. The Hall–Kier alpha value is -0.560. The summed E-state index contributed by atoms with van der Waals surface area (Å²) in [7, 11) is 1.39. The molecule has 1 fully saturated rings. The third-order valence-electron chi connectivity index (χ3n) is 3.58. The number of aromatic amines is 1. The Bertz CT molecular complexity index is 662. The van der Waals surface area contributed by atoms with Crippen molar-refractivity contribution in [1.82, 2.24) is 9.55 Å². The van der Waals surface area contributed by atoms with Crippen LogP contribution < -0.4 is 11.2 Å². The molecule has 0 saturated carbocycles. The Labute approximate surface area is 147 Å². The van der Waals surface area contributed by atoms with Gasteiger partial charge in [0.15, 0.2) is 6.23 Å². The second-order valence-electron chi connectivity index (χ2n) is 4.97. The smallest absolute Gasteiger partial charge is 0.330 e. The average molecular weight is 460 g/mol. The summed E-state index contributed by atoms with van der Waals surface area (Å²) >= 11 is 6.48. The van der Waals surface area contributed by atoms with Gasteiger partial charge < -0.3 is 24.8 Å². The molecule has 1 aliphatic rings. The van der Waals surface area contributed by atoms with E-state index in [0.717, 1.165) is 4.57 Å². The molecule has 2 rings (SSSR count). The summed E-state index contributed by atoms with van der Waals surface area (Å²) in [6, 6.07) is 0. The van der Waals surface area contributed by atoms with Gasteiger partial charge in [-0.05, 0) is 0 Å². The quantitative estimate of drug-likeness (QED) is 0.413. The van der Waals surface area contributed by atoms with Crippen LogP contribution in [0.5, 0.6) is 0 Å². The van der Waals surface area contributed by atoms with E-state index in [0.29, 0.717) is 0 Å². The van der Waals surface area contributed by atoms with E-state index in [1.807, 2.05) is 0 Å². The van der Waals surface area contributed by atoms with Crippen molar-refractivity contribution in [2.24, 2.45) is 0 Å². The van der Waals surface area contributed by atoms with Crippen molar-refractivity contribution in [1.29, 1.82) is 0 Å². The first-order valence-electron chi connectivity index (χ1n) is 6.60. The third-order valence-corrected chi connectivity index (χ3v) is 4.54. The standard InChI is InChI=1S/C12H16Br2N2O7/c1-22-8(9(13)14)4-2-16(12(21)15-10(4)20)11-7(19)6(18)5(3-17)23-11/h2,5-9,11,17-19H,3H2,1H3,(H,15,20,21)/t5-,6-,7-,8-,11-/m1/s1. The van der Waals surface area contributed by atoms with Crippen LogP contribution in [0.4, 0.5) is 0 Å². The molecule has 130 valence electrons. The van der Waals surface area contributed by atoms with Crippen molar-refractivity contribution in [2.45, 2.75) is 34.4 Å². The van der Waals surface area contributed by atoms with Gasteiger partial charge in [0, 0.05) is 13.3 Å². The van der Waals surface area contributed by atoms with Crippen LogP contribution in [0.2, 0.25) is 0 Å². The molecule has 1 saturated heterocycles. The number of halogens is 2. The van der Waals surface area contributed by atoms with Crippen LogP contribution in [0, 0.1) is 0 Å². The lowest BCUT2D eigenvalue weighted by Crippen LogP contribution is -2.39. The summed E-state index contributed by atoms with van der Waals surface area (Å²) in [5.41, 5.74) is -1.35. The number of nitrogens with one attached hydrogen (secondary N) is 1. The minimum Gasteiger partial charge on any atom is -0.394 e. The lowest BCUT2D eigenvalue weighted by molar-refractivity contribution is -0.0554. The van der Waals surface area contributed by atoms with Crippen LogP contribution in [0.25, 0.3) is 0 Å². The lowest BCUT2D eigenvalue weighted by Gasteiger charge is -2.21. The molecular formula is C12H16Br2N2O7. The van der Waals surface area contributed by atoms with Crippen LogP contribution in [-0.2, 0) is 9.47 Å². The van der Waals surface area contributed by atoms with E-state index in [1.54, 1.807) is 0 Å². The van der Waals surface area contributed by atoms with Gasteiger partial charge >= 0.3 is 5.69 Å². The summed E-state index contributed by atoms with van der Waals surface area (Å²) in [6.45, 7) is -0.523. The van der Waals surface area contributed by atoms with Gasteiger partial charge in [-0.25, -0.2) is 4.79 Å². The average Bonchev–Trinajstić information content (AvgIpc) is 2.77. The number of hydrogen-bond donors (Lipinski definition) is 4. The highest BCUT2D eigenvalue weighted by Gasteiger charge is 2.44. The fourth-order valence-corrected chi connectivity index (χ4v) is 3.37. The molecule has 0 radical (unpaired) electrons. The molecule has 5 atom stereocenters. The van der Waals surface area contributed by atoms with Crippen molar-refractivity contribution >= 4 is 31.9 Å². The minimum atomic E-state index is -1.44. The Morgan fingerprint density at radius 3 is 2.52 bits per heavy atom. The monoisotopic (exact) mass is 458 g/mol. The summed E-state index contributed by atoms with van der Waals surface area (Å²) in [6.07, 6.45) is -4.59. The Morgan fingerprint density at radius 1 is 1.39 bits per heavy atom. The fourth-order valence-electron chi connectivity index (χ4n) is 2.37. The Balaban J connectivity index is 2.48. The Morgan fingerprint density at radius 2 is 2.04 bits per heavy atom. The summed E-state index contributed by atoms with van der Waals surface area (Å²) < 4.78 is 11.0. The summed E-state index contributed by atoms with van der Waals surface area (Å²) in [5, 5.41) is 28.9. The normalized spacial score (nSPS) is 29.2. The van der Waals surface area contributed by atoms with Crippen LogP contribution in [-0.4, -0.2) is 60.6 Å². The van der Waals surface area contributed by atoms with Gasteiger partial charge in [0.1, 0.15) is 28.2 Å². The highest BCUT2D eigenvalue weighted by molar-refractivity contribution is 9.24. The topological polar surface area (TPSA) is 134 Å². The van der Waals surface area contributed by atoms with Gasteiger partial charge in [-0.15, -0.1) is 0 Å². The molecule has 0 aliphatic carbocycles. The summed E-state index contributed by atoms with van der Waals surface area (Å²) in [5.74, 6) is 0. The third kappa shape index (κ3) is 3.60. The SMILES string of the molecule is CO[C@H](c1cn([C@@H]2O[C@H](CO)[C@@H](O)[C@H]2O)c(=O)[nH]c1=O)C(Br)Br. The van der Waals surface area contributed by atoms with Crippen LogP contribution in [0.3, 0.4) is 0 Å². The predicted molar refractivity (Wildman–Crippen MR) is 85.7 cm³/mol. The number of rotatable bonds is 5. The number of aliphatic hydroxyl groups excluding tert-OH is 3. The Kier molecular flexibility index (Phi) is 6.16. The molecule has 1 aliphatic heterocycles. The molecule has 0 unspecified atom stereocenters. The van der Waals surface area contributed by atoms with Crippen molar-refractivity contribution in [3.63, 3.8) is 0 Å². The number of hydrogen-bond acceptors (Lipinski definition) is 7. The molecule has 1 aromatic heterocycles. The van der Waals surface area contributed by atoms with E-state index in [4.69, 9.17) is 14.6 Å². The zero-order chi connectivity index (χ0) is 17.3. The maximum Gasteiger partial charge on any atom is 0.330 e. The van der Waals surface area contributed by atoms with Crippen molar-refractivity contribution in [3.8, 4) is 0 Å². The van der Waals surface area contributed by atoms with Gasteiger partial charge in [-0.2, -0.15) is 0 Å². The fraction of sp³-hybridized carbons (Fsp3) is 0.667. The number of ether oxygens (including phenoxy) is 2. The highest BCUT2D eigenvalue weighted by atomic mass is 79.9. The summed E-state index contributed by atoms with van der Waals surface area (Å²) in [4.78, 5) is 26.1. The number of methoxy groups -OCH3 is 1. The largest absolute Gasteiger partial charge is 0.394 e. The minimum absolute atomic E-state index is 0.114. The molecule has 0 bridgehead atoms. The molecule has 23 heavy (non-hydrogen) atoms. The number of nitrogens with zero attached hydrogens (tertiary/aromatic N) is 1. The number of aliphatic hydroxyl groups is 3. The van der Waals surface area contributed by atoms with Gasteiger partial charge in [0.05, 0.1) is 12.2 Å². The molecule has 9 nitrogen and oxygen atoms in total. The highest BCUT2D eigenvalue weighted by Crippen LogP contribution is 2.30. The zero-order valence-corrected chi connectivity index (χ0v) is 15.1. The number of aromatic nitrogens is 2. The van der Waals surface area contributed by atoms with Gasteiger partial charge in [-0.3, -0.25) is 14.3 Å². The number of H-pyrrole nitrogens is 1. The van der Waals surface area contributed by atoms with Crippen LogP contribution in [0.15, 0.2) is 15.8 Å². The molecule has 0 amide bonds. The predicted octanol–water partition coefficient (Wildman–Crippen LogP) is -1.05. The van der Waals surface area contributed by atoms with E-state index in [1.165, 1.54) is 13.3 Å². The first-order valence-corrected chi connectivity index (χ1v) is 8.43. The van der Waals surface area contributed by atoms with Crippen LogP contribution >= 0.6 is 31.9 Å². The molecule has 11 heteroatoms. The number of alkyl halides is 2. The molecule has 0 spiro atoms. The molecular weight excluding hydrogens is 444 g/mol. The molecule has 0 aromatic carbocycles. The second-order valence-corrected chi connectivity index (χ2v) is 8.17. The van der Waals surface area contributed by atoms with Crippen LogP contribution in [0.1, 0.15) is 17.9 Å². The van der Waals surface area contributed by atoms with Crippen molar-refractivity contribution < 1.29 is 24.8 Å². The second kappa shape index (κ2) is 7.55. The lowest BCUT2D eigenvalue weighted by atomic mass is 10.1. The maximum atomic E-state index is 12.0. The van der Waals surface area contributed by atoms with E-state index in [9.17, 15) is 19.8 Å². The first kappa shape index (κ1) is 18.8.